The summed E-state index contributed by atoms with van der Waals surface area (Å²) in [5, 5.41) is 12.5. The third kappa shape index (κ3) is 10.1. The molecule has 5 heteroatoms. The van der Waals surface area contributed by atoms with Crippen LogP contribution in [-0.4, -0.2) is 19.6 Å². The van der Waals surface area contributed by atoms with Gasteiger partial charge in [0.1, 0.15) is 11.6 Å². The van der Waals surface area contributed by atoms with Crippen LogP contribution in [0.25, 0.3) is 95.0 Å². The van der Waals surface area contributed by atoms with Gasteiger partial charge in [-0.15, -0.1) is 29.3 Å². The fourth-order valence-electron chi connectivity index (χ4n) is 10.1. The molecule has 0 saturated carbocycles. The van der Waals surface area contributed by atoms with Crippen LogP contribution in [0.1, 0.15) is 113 Å². The van der Waals surface area contributed by atoms with Gasteiger partial charge in [-0.25, -0.2) is 4.98 Å². The number of aromatic nitrogens is 3. The molecule has 8 aromatic carbocycles. The summed E-state index contributed by atoms with van der Waals surface area (Å²) < 4.78 is 29.8. The van der Waals surface area contributed by atoms with Gasteiger partial charge < -0.3 is 5.11 Å². The third-order valence-electron chi connectivity index (χ3n) is 14.2. The number of phenolic OH excluding ortho intramolecular Hbond substituents is 1. The van der Waals surface area contributed by atoms with Crippen molar-refractivity contribution >= 4 is 11.0 Å². The van der Waals surface area contributed by atoms with Crippen LogP contribution in [0.4, 0.5) is 0 Å². The van der Waals surface area contributed by atoms with E-state index in [0.29, 0.717) is 28.1 Å². The average Bonchev–Trinajstić information content (AvgIpc) is 3.89. The second-order valence-electron chi connectivity index (χ2n) is 22.2. The van der Waals surface area contributed by atoms with E-state index in [4.69, 9.17) is 9.97 Å². The fourth-order valence-corrected chi connectivity index (χ4v) is 10.1. The monoisotopic (exact) mass is 1150 g/mol. The van der Waals surface area contributed by atoms with Gasteiger partial charge in [0.25, 0.3) is 0 Å². The number of aryl methyl sites for hydroxylation is 1. The van der Waals surface area contributed by atoms with Gasteiger partial charge in [0, 0.05) is 37.1 Å². The number of benzene rings is 8. The maximum atomic E-state index is 12.5. The summed E-state index contributed by atoms with van der Waals surface area (Å²) in [5.74, 6) is 0.708. The number of hydrogen-bond acceptors (Lipinski definition) is 3. The van der Waals surface area contributed by atoms with Crippen LogP contribution in [-0.2, 0) is 31.9 Å². The minimum absolute atomic E-state index is 0. The predicted molar refractivity (Wildman–Crippen MR) is 308 cm³/mol. The molecule has 10 aromatic rings. The molecule has 0 aliphatic carbocycles. The number of imidazole rings is 1. The third-order valence-corrected chi connectivity index (χ3v) is 14.2. The van der Waals surface area contributed by atoms with Crippen LogP contribution < -0.4 is 0 Å². The Bertz CT molecular complexity index is 3770. The summed E-state index contributed by atoms with van der Waals surface area (Å²) in [6.45, 7) is 19.1. The Kier molecular flexibility index (Phi) is 13.3. The quantitative estimate of drug-likeness (QED) is 0.139. The molecule has 0 atom stereocenters. The van der Waals surface area contributed by atoms with E-state index in [1.165, 1.54) is 5.56 Å². The molecule has 0 fully saturated rings. The largest absolute Gasteiger partial charge is 0.507 e. The molecule has 0 spiro atoms. The van der Waals surface area contributed by atoms with Crippen molar-refractivity contribution in [2.24, 2.45) is 0 Å². The van der Waals surface area contributed by atoms with Crippen LogP contribution in [0.2, 0.25) is 0 Å². The number of nitrogens with zero attached hydrogens (tertiary/aromatic N) is 3. The van der Waals surface area contributed by atoms with Gasteiger partial charge in [-0.3, -0.25) is 9.55 Å². The zero-order valence-electron chi connectivity index (χ0n) is 47.1. The van der Waals surface area contributed by atoms with Gasteiger partial charge in [-0.1, -0.05) is 214 Å². The van der Waals surface area contributed by atoms with Gasteiger partial charge in [0.2, 0.25) is 0 Å². The van der Waals surface area contributed by atoms with Crippen molar-refractivity contribution in [3.8, 4) is 89.7 Å². The number of pyridine rings is 1. The minimum Gasteiger partial charge on any atom is -0.507 e. The van der Waals surface area contributed by atoms with Crippen LogP contribution in [0.15, 0.2) is 182 Å². The Balaban J connectivity index is 0.00000722. The van der Waals surface area contributed by atoms with Crippen LogP contribution in [0, 0.1) is 12.9 Å². The zero-order chi connectivity index (χ0) is 53.8. The molecule has 0 amide bonds. The topological polar surface area (TPSA) is 50.9 Å². The van der Waals surface area contributed by atoms with Gasteiger partial charge in [0.05, 0.1) is 22.3 Å². The first-order valence-electron chi connectivity index (χ1n) is 27.1. The Morgan fingerprint density at radius 1 is 0.554 bits per heavy atom. The van der Waals surface area contributed by atoms with E-state index in [9.17, 15) is 9.22 Å². The molecule has 74 heavy (non-hydrogen) atoms. The van der Waals surface area contributed by atoms with E-state index in [1.807, 2.05) is 71.4 Å². The number of phenols is 1. The maximum Gasteiger partial charge on any atom is 0.148 e. The van der Waals surface area contributed by atoms with E-state index >= 15 is 0 Å². The van der Waals surface area contributed by atoms with Crippen molar-refractivity contribution in [3.05, 3.63) is 216 Å². The molecule has 0 bridgehead atoms. The Morgan fingerprint density at radius 3 is 1.82 bits per heavy atom. The van der Waals surface area contributed by atoms with Crippen molar-refractivity contribution in [1.82, 2.24) is 14.5 Å². The molecular weight excluding hydrogens is 1080 g/mol. The molecular formula is C69H66N3OPt-. The smallest absolute Gasteiger partial charge is 0.148 e. The molecule has 0 unspecified atom stereocenters. The van der Waals surface area contributed by atoms with E-state index < -0.39 is 6.85 Å². The van der Waals surface area contributed by atoms with Crippen molar-refractivity contribution < 1.29 is 30.3 Å². The minimum atomic E-state index is -2.56. The summed E-state index contributed by atoms with van der Waals surface area (Å²) in [6.07, 6.45) is 1.86. The zero-order valence-corrected chi connectivity index (χ0v) is 46.4. The SMILES string of the molecule is [2H]C([2H])([2H])c1cc(-c2c(-c3ccccc3)cccc2C(C)(C)C)ccc1-n1c(-c2cc(C(C)C)cc(C(C)C)c2O)nc2c(-c3[c-]c(-c4cc(-c5ccc(-c6ccccc6)cc5)ccn4)cc(C(C)(C)C)c3)cccc21.[Pt]. The van der Waals surface area contributed by atoms with E-state index in [0.717, 1.165) is 83.6 Å². The first-order chi connectivity index (χ1) is 36.2. The molecule has 0 saturated heterocycles. The molecule has 10 rings (SSSR count). The van der Waals surface area contributed by atoms with E-state index in [1.54, 1.807) is 0 Å². The number of hydrogen-bond donors (Lipinski definition) is 1. The Hall–Kier alpha value is -7.13. The number of rotatable bonds is 10. The average molecular weight is 1150 g/mol. The van der Waals surface area contributed by atoms with E-state index in [2.05, 4.69) is 191 Å². The van der Waals surface area contributed by atoms with E-state index in [-0.39, 0.29) is 55.0 Å². The normalized spacial score (nSPS) is 12.7. The molecule has 2 heterocycles. The van der Waals surface area contributed by atoms with Crippen LogP contribution >= 0.6 is 0 Å². The van der Waals surface area contributed by atoms with Crippen molar-refractivity contribution in [3.63, 3.8) is 0 Å². The number of para-hydroxylation sites is 1. The molecule has 0 aliphatic rings. The van der Waals surface area contributed by atoms with Crippen molar-refractivity contribution in [1.29, 1.82) is 0 Å². The molecule has 374 valence electrons. The summed E-state index contributed by atoms with van der Waals surface area (Å²) in [7, 11) is 0. The summed E-state index contributed by atoms with van der Waals surface area (Å²) in [5.41, 5.74) is 17.7. The number of fused-ring (bicyclic) bond motifs is 1. The van der Waals surface area contributed by atoms with Crippen LogP contribution in [0.3, 0.4) is 0 Å². The molecule has 1 N–H and O–H groups in total. The van der Waals surface area contributed by atoms with Crippen molar-refractivity contribution in [2.45, 2.75) is 98.8 Å². The van der Waals surface area contributed by atoms with Gasteiger partial charge in [0.15, 0.2) is 0 Å². The second-order valence-corrected chi connectivity index (χ2v) is 22.2. The summed E-state index contributed by atoms with van der Waals surface area (Å²) in [4.78, 5) is 10.5. The Labute approximate surface area is 457 Å². The predicted octanol–water partition coefficient (Wildman–Crippen LogP) is 18.7. The second kappa shape index (κ2) is 20.6. The maximum absolute atomic E-state index is 12.5. The molecule has 2 aromatic heterocycles. The standard InChI is InChI=1S/C69H66N3O.Pt/c1-43(2)52-40-58(44(3)4)66(73)59(41-52)67-71-65-57(53-37-54(39-55(38-53)68(6,7)8)61-42-50(34-35-70-61)48-30-28-47(29-31-48)46-20-14-12-15-21-46)25-19-27-63(65)72(67)62-33-32-51(36-45(62)5)64-56(49-22-16-13-17-23-49)24-18-26-60(64)69(9,10)11;/h12-36,38-44,73H,1-11H3;/q-1;/i5D3;. The van der Waals surface area contributed by atoms with Gasteiger partial charge >= 0.3 is 0 Å². The number of aromatic hydroxyl groups is 1. The fraction of sp³-hybridized carbons (Fsp3) is 0.217. The first-order valence-corrected chi connectivity index (χ1v) is 25.6. The molecule has 0 radical (unpaired) electrons. The van der Waals surface area contributed by atoms with Gasteiger partial charge in [-0.2, -0.15) is 0 Å². The summed E-state index contributed by atoms with van der Waals surface area (Å²) >= 11 is 0. The molecule has 4 nitrogen and oxygen atoms in total. The first kappa shape index (κ1) is 47.8. The molecule has 0 aliphatic heterocycles. The van der Waals surface area contributed by atoms with Crippen molar-refractivity contribution in [2.75, 3.05) is 0 Å². The summed E-state index contributed by atoms with van der Waals surface area (Å²) in [6, 6.07) is 64.1. The Morgan fingerprint density at radius 2 is 1.18 bits per heavy atom. The van der Waals surface area contributed by atoms with Gasteiger partial charge in [-0.05, 0) is 127 Å². The van der Waals surface area contributed by atoms with Crippen LogP contribution in [0.5, 0.6) is 5.75 Å².